The molecular formula is C29H36BNO2. The van der Waals surface area contributed by atoms with Gasteiger partial charge in [-0.05, 0) is 79.6 Å². The van der Waals surface area contributed by atoms with E-state index in [9.17, 15) is 0 Å². The van der Waals surface area contributed by atoms with Crippen LogP contribution < -0.4 is 5.46 Å². The first-order valence-electron chi connectivity index (χ1n) is 12.2. The van der Waals surface area contributed by atoms with Gasteiger partial charge in [0.25, 0.3) is 0 Å². The highest BCUT2D eigenvalue weighted by Crippen LogP contribution is 2.47. The van der Waals surface area contributed by atoms with Gasteiger partial charge in [-0.15, -0.1) is 0 Å². The van der Waals surface area contributed by atoms with Gasteiger partial charge in [-0.3, -0.25) is 4.98 Å². The minimum atomic E-state index is -0.404. The highest BCUT2D eigenvalue weighted by molar-refractivity contribution is 6.65. The Kier molecular flexibility index (Phi) is 4.91. The summed E-state index contributed by atoms with van der Waals surface area (Å²) in [6, 6.07) is 15.5. The molecule has 33 heavy (non-hydrogen) atoms. The third-order valence-electron chi connectivity index (χ3n) is 8.47. The number of hydrogen-bond acceptors (Lipinski definition) is 3. The monoisotopic (exact) mass is 441 g/mol. The van der Waals surface area contributed by atoms with E-state index in [1.165, 1.54) is 29.5 Å². The summed E-state index contributed by atoms with van der Waals surface area (Å²) in [5, 5.41) is 1.09. The summed E-state index contributed by atoms with van der Waals surface area (Å²) in [5.41, 5.74) is 7.01. The van der Waals surface area contributed by atoms with Gasteiger partial charge in [-0.2, -0.15) is 0 Å². The Morgan fingerprint density at radius 3 is 2.06 bits per heavy atom. The zero-order chi connectivity index (χ0) is 23.8. The lowest BCUT2D eigenvalue weighted by atomic mass is 9.63. The zero-order valence-electron chi connectivity index (χ0n) is 21.4. The van der Waals surface area contributed by atoms with Crippen LogP contribution >= 0.6 is 0 Å². The van der Waals surface area contributed by atoms with E-state index in [0.29, 0.717) is 0 Å². The molecule has 5 rings (SSSR count). The van der Waals surface area contributed by atoms with Crippen molar-refractivity contribution in [3.05, 3.63) is 59.8 Å². The summed E-state index contributed by atoms with van der Waals surface area (Å²) < 4.78 is 12.8. The molecule has 1 aliphatic heterocycles. The number of fused-ring (bicyclic) bond motifs is 2. The largest absolute Gasteiger partial charge is 0.495 e. The fourth-order valence-corrected chi connectivity index (χ4v) is 5.36. The van der Waals surface area contributed by atoms with Crippen LogP contribution in [0.25, 0.3) is 22.0 Å². The van der Waals surface area contributed by atoms with Gasteiger partial charge in [0.2, 0.25) is 0 Å². The molecule has 0 unspecified atom stereocenters. The Labute approximate surface area is 199 Å². The summed E-state index contributed by atoms with van der Waals surface area (Å²) >= 11 is 0. The van der Waals surface area contributed by atoms with Crippen LogP contribution in [0.15, 0.2) is 48.7 Å². The van der Waals surface area contributed by atoms with Gasteiger partial charge in [0.1, 0.15) is 0 Å². The van der Waals surface area contributed by atoms with Crippen molar-refractivity contribution in [1.29, 1.82) is 0 Å². The maximum atomic E-state index is 6.38. The van der Waals surface area contributed by atoms with Crippen LogP contribution in [0.4, 0.5) is 0 Å². The number of rotatable bonds is 2. The first-order valence-corrected chi connectivity index (χ1v) is 12.2. The van der Waals surface area contributed by atoms with Crippen molar-refractivity contribution in [2.75, 3.05) is 0 Å². The van der Waals surface area contributed by atoms with E-state index in [-0.39, 0.29) is 22.0 Å². The molecule has 0 N–H and O–H groups in total. The maximum Gasteiger partial charge on any atom is 0.495 e. The molecule has 4 heteroatoms. The molecule has 3 aromatic rings. The van der Waals surface area contributed by atoms with E-state index in [2.05, 4.69) is 91.8 Å². The molecule has 2 aliphatic rings. The average Bonchev–Trinajstić information content (AvgIpc) is 2.97. The van der Waals surface area contributed by atoms with Gasteiger partial charge in [0.15, 0.2) is 0 Å². The predicted molar refractivity (Wildman–Crippen MR) is 138 cm³/mol. The van der Waals surface area contributed by atoms with Crippen LogP contribution in [0.2, 0.25) is 0 Å². The summed E-state index contributed by atoms with van der Waals surface area (Å²) in [5.74, 6) is 0. The number of benzene rings is 2. The number of pyridine rings is 1. The number of hydrogen-bond donors (Lipinski definition) is 0. The topological polar surface area (TPSA) is 31.4 Å². The van der Waals surface area contributed by atoms with Crippen molar-refractivity contribution in [3.8, 4) is 11.1 Å². The van der Waals surface area contributed by atoms with Crippen molar-refractivity contribution in [2.24, 2.45) is 0 Å². The quantitative estimate of drug-likeness (QED) is 0.423. The molecule has 1 fully saturated rings. The molecule has 1 saturated heterocycles. The third-order valence-corrected chi connectivity index (χ3v) is 8.47. The molecule has 3 nitrogen and oxygen atoms in total. The van der Waals surface area contributed by atoms with Crippen molar-refractivity contribution in [2.45, 2.75) is 90.3 Å². The van der Waals surface area contributed by atoms with Crippen LogP contribution in [-0.2, 0) is 20.1 Å². The van der Waals surface area contributed by atoms with Gasteiger partial charge in [-0.25, -0.2) is 0 Å². The molecule has 2 heterocycles. The highest BCUT2D eigenvalue weighted by atomic mass is 16.7. The first kappa shape index (κ1) is 22.6. The van der Waals surface area contributed by atoms with Gasteiger partial charge >= 0.3 is 7.12 Å². The van der Waals surface area contributed by atoms with Gasteiger partial charge < -0.3 is 9.31 Å². The summed E-state index contributed by atoms with van der Waals surface area (Å²) in [6.07, 6.45) is 4.31. The number of aromatic nitrogens is 1. The molecule has 172 valence electrons. The van der Waals surface area contributed by atoms with E-state index in [1.54, 1.807) is 0 Å². The second-order valence-electron chi connectivity index (χ2n) is 12.2. The summed E-state index contributed by atoms with van der Waals surface area (Å²) in [6.45, 7) is 17.9. The van der Waals surface area contributed by atoms with E-state index in [4.69, 9.17) is 14.3 Å². The molecule has 0 saturated carbocycles. The van der Waals surface area contributed by atoms with Crippen molar-refractivity contribution < 1.29 is 9.31 Å². The Balaban J connectivity index is 1.64. The maximum absolute atomic E-state index is 6.38. The molecule has 1 aliphatic carbocycles. The zero-order valence-corrected chi connectivity index (χ0v) is 21.4. The minimum absolute atomic E-state index is 0.173. The summed E-state index contributed by atoms with van der Waals surface area (Å²) in [7, 11) is -0.404. The van der Waals surface area contributed by atoms with Crippen LogP contribution in [0.1, 0.15) is 79.4 Å². The van der Waals surface area contributed by atoms with Crippen LogP contribution in [0.3, 0.4) is 0 Å². The van der Waals surface area contributed by atoms with Gasteiger partial charge in [0.05, 0.1) is 16.7 Å². The highest BCUT2D eigenvalue weighted by Gasteiger charge is 2.52. The van der Waals surface area contributed by atoms with Crippen molar-refractivity contribution >= 4 is 23.5 Å². The molecule has 2 aromatic carbocycles. The van der Waals surface area contributed by atoms with Crippen LogP contribution in [0.5, 0.6) is 0 Å². The minimum Gasteiger partial charge on any atom is -0.399 e. The fraction of sp³-hybridized carbons (Fsp3) is 0.483. The summed E-state index contributed by atoms with van der Waals surface area (Å²) in [4.78, 5) is 4.83. The second-order valence-corrected chi connectivity index (χ2v) is 12.2. The average molecular weight is 441 g/mol. The lowest BCUT2D eigenvalue weighted by Gasteiger charge is -2.42. The van der Waals surface area contributed by atoms with Crippen LogP contribution in [0, 0.1) is 0 Å². The van der Waals surface area contributed by atoms with Crippen molar-refractivity contribution in [3.63, 3.8) is 0 Å². The van der Waals surface area contributed by atoms with E-state index in [1.807, 2.05) is 12.3 Å². The predicted octanol–water partition coefficient (Wildman–Crippen LogP) is 6.55. The van der Waals surface area contributed by atoms with E-state index < -0.39 is 7.12 Å². The first-order chi connectivity index (χ1) is 15.3. The second kappa shape index (κ2) is 7.17. The SMILES string of the molecule is CC1(C)CCC(C)(C)c2cc(-c3ccc(B4OC(C)(C)C(C)(C)O4)c4cccnc34)ccc21. The lowest BCUT2D eigenvalue weighted by Crippen LogP contribution is -2.41. The van der Waals surface area contributed by atoms with Crippen LogP contribution in [-0.4, -0.2) is 23.3 Å². The Bertz CT molecular complexity index is 1230. The molecule has 0 spiro atoms. The molecule has 0 atom stereocenters. The van der Waals surface area contributed by atoms with E-state index in [0.717, 1.165) is 21.9 Å². The van der Waals surface area contributed by atoms with E-state index >= 15 is 0 Å². The molecule has 0 radical (unpaired) electrons. The Morgan fingerprint density at radius 1 is 0.758 bits per heavy atom. The van der Waals surface area contributed by atoms with Crippen molar-refractivity contribution in [1.82, 2.24) is 4.98 Å². The molecule has 0 bridgehead atoms. The Hall–Kier alpha value is -2.17. The van der Waals surface area contributed by atoms with Gasteiger partial charge in [0, 0.05) is 17.1 Å². The normalized spacial score (nSPS) is 22.4. The van der Waals surface area contributed by atoms with Gasteiger partial charge in [-0.1, -0.05) is 64.1 Å². The lowest BCUT2D eigenvalue weighted by molar-refractivity contribution is 0.00578. The number of nitrogens with zero attached hydrogens (tertiary/aromatic N) is 1. The fourth-order valence-electron chi connectivity index (χ4n) is 5.36. The molecule has 0 amide bonds. The molecule has 1 aromatic heterocycles. The smallest absolute Gasteiger partial charge is 0.399 e. The standard InChI is InChI=1S/C29H36BNO2/c1-26(2)15-16-27(3,4)23-18-19(11-13-22(23)26)20-12-14-24(21-10-9-17-31-25(20)21)30-32-28(5,6)29(7,8)33-30/h9-14,17-18H,15-16H2,1-8H3. The third kappa shape index (κ3) is 3.54. The Morgan fingerprint density at radius 2 is 1.39 bits per heavy atom. The molecular weight excluding hydrogens is 405 g/mol.